The van der Waals surface area contributed by atoms with Gasteiger partial charge in [0.25, 0.3) is 5.91 Å². The lowest BCUT2D eigenvalue weighted by Gasteiger charge is -2.08. The second-order valence-corrected chi connectivity index (χ2v) is 7.08. The van der Waals surface area contributed by atoms with E-state index in [2.05, 4.69) is 20.4 Å². The van der Waals surface area contributed by atoms with E-state index < -0.39 is 0 Å². The van der Waals surface area contributed by atoms with Gasteiger partial charge in [-0.3, -0.25) is 4.79 Å². The highest BCUT2D eigenvalue weighted by Gasteiger charge is 2.10. The number of benzene rings is 2. The van der Waals surface area contributed by atoms with Crippen molar-refractivity contribution in [1.82, 2.24) is 19.7 Å². The number of carbonyl (C=O) groups excluding carboxylic acids is 1. The Labute approximate surface area is 173 Å². The summed E-state index contributed by atoms with van der Waals surface area (Å²) in [6, 6.07) is 16.7. The van der Waals surface area contributed by atoms with Gasteiger partial charge in [-0.1, -0.05) is 11.6 Å². The van der Waals surface area contributed by atoms with Crippen molar-refractivity contribution < 1.29 is 4.79 Å². The normalized spacial score (nSPS) is 10.7. The molecule has 144 valence electrons. The van der Waals surface area contributed by atoms with Gasteiger partial charge in [0.1, 0.15) is 0 Å². The Kier molecular flexibility index (Phi) is 5.10. The van der Waals surface area contributed by atoms with E-state index in [0.717, 1.165) is 22.6 Å². The van der Waals surface area contributed by atoms with Crippen LogP contribution in [0.25, 0.3) is 17.1 Å². The summed E-state index contributed by atoms with van der Waals surface area (Å²) in [5.41, 5.74) is 4.84. The lowest BCUT2D eigenvalue weighted by Crippen LogP contribution is -2.13. The summed E-state index contributed by atoms with van der Waals surface area (Å²) in [4.78, 5) is 21.1. The zero-order valence-electron chi connectivity index (χ0n) is 15.9. The number of nitrogens with zero attached hydrogens (tertiary/aromatic N) is 4. The topological polar surface area (TPSA) is 72.7 Å². The van der Waals surface area contributed by atoms with Gasteiger partial charge < -0.3 is 5.32 Å². The van der Waals surface area contributed by atoms with E-state index in [1.165, 1.54) is 12.4 Å². The second kappa shape index (κ2) is 7.85. The summed E-state index contributed by atoms with van der Waals surface area (Å²) in [5.74, 6) is 0.263. The molecule has 4 aromatic rings. The van der Waals surface area contributed by atoms with Crippen molar-refractivity contribution >= 4 is 23.2 Å². The molecule has 7 heteroatoms. The average molecular weight is 404 g/mol. The Bertz CT molecular complexity index is 1150. The van der Waals surface area contributed by atoms with Gasteiger partial charge in [0.2, 0.25) is 0 Å². The minimum Gasteiger partial charge on any atom is -0.322 e. The van der Waals surface area contributed by atoms with Crippen LogP contribution < -0.4 is 5.32 Å². The predicted octanol–water partition coefficient (Wildman–Crippen LogP) is 4.85. The first-order valence-corrected chi connectivity index (χ1v) is 9.40. The van der Waals surface area contributed by atoms with E-state index in [1.54, 1.807) is 12.1 Å². The summed E-state index contributed by atoms with van der Waals surface area (Å²) in [5, 5.41) is 7.97. The van der Waals surface area contributed by atoms with Crippen LogP contribution in [0.1, 0.15) is 21.7 Å². The molecule has 2 aromatic carbocycles. The Balaban J connectivity index is 1.46. The van der Waals surface area contributed by atoms with E-state index >= 15 is 0 Å². The van der Waals surface area contributed by atoms with Crippen LogP contribution in [0, 0.1) is 13.8 Å². The largest absolute Gasteiger partial charge is 0.322 e. The highest BCUT2D eigenvalue weighted by molar-refractivity contribution is 6.30. The van der Waals surface area contributed by atoms with Gasteiger partial charge in [-0.15, -0.1) is 0 Å². The van der Waals surface area contributed by atoms with Gasteiger partial charge in [0.05, 0.1) is 16.9 Å². The van der Waals surface area contributed by atoms with Crippen LogP contribution in [0.2, 0.25) is 5.02 Å². The van der Waals surface area contributed by atoms with E-state index in [9.17, 15) is 4.79 Å². The van der Waals surface area contributed by atoms with E-state index in [1.807, 2.05) is 61.0 Å². The Morgan fingerprint density at radius 3 is 2.21 bits per heavy atom. The van der Waals surface area contributed by atoms with Crippen LogP contribution >= 0.6 is 11.6 Å². The molecule has 0 saturated heterocycles. The number of hydrogen-bond donors (Lipinski definition) is 1. The monoisotopic (exact) mass is 403 g/mol. The molecule has 2 heterocycles. The lowest BCUT2D eigenvalue weighted by molar-refractivity contribution is 0.102. The Morgan fingerprint density at radius 1 is 0.966 bits per heavy atom. The third kappa shape index (κ3) is 4.17. The molecular weight excluding hydrogens is 386 g/mol. The molecule has 0 bridgehead atoms. The number of carbonyl (C=O) groups is 1. The third-order valence-electron chi connectivity index (χ3n) is 4.40. The molecule has 2 aromatic heterocycles. The number of rotatable bonds is 4. The van der Waals surface area contributed by atoms with Crippen LogP contribution in [0.15, 0.2) is 67.0 Å². The first-order valence-electron chi connectivity index (χ1n) is 9.02. The molecule has 0 unspecified atom stereocenters. The van der Waals surface area contributed by atoms with Gasteiger partial charge in [-0.2, -0.15) is 5.10 Å². The number of anilines is 1. The molecule has 1 amide bonds. The van der Waals surface area contributed by atoms with Crippen molar-refractivity contribution in [2.24, 2.45) is 0 Å². The Morgan fingerprint density at radius 2 is 1.62 bits per heavy atom. The molecule has 0 aliphatic heterocycles. The van der Waals surface area contributed by atoms with Crippen LogP contribution in [-0.2, 0) is 0 Å². The van der Waals surface area contributed by atoms with Crippen molar-refractivity contribution in [2.45, 2.75) is 13.8 Å². The quantitative estimate of drug-likeness (QED) is 0.528. The number of halogens is 1. The number of aromatic nitrogens is 4. The van der Waals surface area contributed by atoms with Crippen molar-refractivity contribution in [2.75, 3.05) is 5.32 Å². The van der Waals surface area contributed by atoms with Crippen molar-refractivity contribution in [3.05, 3.63) is 89.0 Å². The van der Waals surface area contributed by atoms with Crippen LogP contribution in [0.4, 0.5) is 5.69 Å². The van der Waals surface area contributed by atoms with Crippen LogP contribution in [0.5, 0.6) is 0 Å². The Hall–Kier alpha value is -3.51. The SMILES string of the molecule is Cc1cc(C)n(-c2ccc(NC(=O)c3cnc(-c4ccc(Cl)cc4)nc3)cc2)n1. The standard InChI is InChI=1S/C22H18ClN5O/c1-14-11-15(2)28(27-14)20-9-7-19(8-10-20)26-22(29)17-12-24-21(25-13-17)16-3-5-18(23)6-4-16/h3-13H,1-2H3,(H,26,29). The van der Waals surface area contributed by atoms with Gasteiger partial charge in [-0.05, 0) is 68.4 Å². The van der Waals surface area contributed by atoms with E-state index in [-0.39, 0.29) is 5.91 Å². The predicted molar refractivity (Wildman–Crippen MR) is 113 cm³/mol. The number of aryl methyl sites for hydroxylation is 2. The number of hydrogen-bond acceptors (Lipinski definition) is 4. The fourth-order valence-corrected chi connectivity index (χ4v) is 3.10. The molecule has 0 atom stereocenters. The van der Waals surface area contributed by atoms with Crippen molar-refractivity contribution in [1.29, 1.82) is 0 Å². The molecule has 0 saturated carbocycles. The molecule has 0 aliphatic carbocycles. The number of nitrogens with one attached hydrogen (secondary N) is 1. The summed E-state index contributed by atoms with van der Waals surface area (Å²) < 4.78 is 1.87. The molecule has 4 rings (SSSR count). The van der Waals surface area contributed by atoms with Gasteiger partial charge in [-0.25, -0.2) is 14.6 Å². The minimum absolute atomic E-state index is 0.272. The van der Waals surface area contributed by atoms with Gasteiger partial charge in [0, 0.05) is 34.4 Å². The molecule has 6 nitrogen and oxygen atoms in total. The van der Waals surface area contributed by atoms with Crippen molar-refractivity contribution in [3.8, 4) is 17.1 Å². The molecule has 29 heavy (non-hydrogen) atoms. The average Bonchev–Trinajstić information content (AvgIpc) is 3.07. The van der Waals surface area contributed by atoms with Gasteiger partial charge in [0.15, 0.2) is 5.82 Å². The molecule has 0 fully saturated rings. The zero-order chi connectivity index (χ0) is 20.4. The molecular formula is C22H18ClN5O. The zero-order valence-corrected chi connectivity index (χ0v) is 16.7. The lowest BCUT2D eigenvalue weighted by atomic mass is 10.2. The summed E-state index contributed by atoms with van der Waals surface area (Å²) in [7, 11) is 0. The fraction of sp³-hybridized carbons (Fsp3) is 0.0909. The van der Waals surface area contributed by atoms with Crippen molar-refractivity contribution in [3.63, 3.8) is 0 Å². The molecule has 0 aliphatic rings. The fourth-order valence-electron chi connectivity index (χ4n) is 2.97. The minimum atomic E-state index is -0.272. The van der Waals surface area contributed by atoms with Crippen LogP contribution in [-0.4, -0.2) is 25.7 Å². The maximum atomic E-state index is 12.5. The summed E-state index contributed by atoms with van der Waals surface area (Å²) in [6.07, 6.45) is 3.02. The van der Waals surface area contributed by atoms with E-state index in [0.29, 0.717) is 22.1 Å². The molecule has 1 N–H and O–H groups in total. The highest BCUT2D eigenvalue weighted by atomic mass is 35.5. The molecule has 0 radical (unpaired) electrons. The van der Waals surface area contributed by atoms with Gasteiger partial charge >= 0.3 is 0 Å². The first kappa shape index (κ1) is 18.8. The maximum Gasteiger partial charge on any atom is 0.258 e. The molecule has 0 spiro atoms. The second-order valence-electron chi connectivity index (χ2n) is 6.64. The summed E-state index contributed by atoms with van der Waals surface area (Å²) in [6.45, 7) is 3.96. The smallest absolute Gasteiger partial charge is 0.258 e. The highest BCUT2D eigenvalue weighted by Crippen LogP contribution is 2.19. The number of amides is 1. The van der Waals surface area contributed by atoms with Crippen LogP contribution in [0.3, 0.4) is 0 Å². The summed E-state index contributed by atoms with van der Waals surface area (Å²) >= 11 is 5.90. The third-order valence-corrected chi connectivity index (χ3v) is 4.65. The first-order chi connectivity index (χ1) is 14.0. The maximum absolute atomic E-state index is 12.5. The van der Waals surface area contributed by atoms with E-state index in [4.69, 9.17) is 11.6 Å².